The number of hydrogen-bond donors (Lipinski definition) is 0. The van der Waals surface area contributed by atoms with Crippen LogP contribution >= 0.6 is 23.2 Å². The smallest absolute Gasteiger partial charge is 0.425 e. The SMILES string of the molecule is COCCOC[CH]CCCOc1ccc(Cl)c(Cl)c1Cn1cnc2c(N(C(=O)OC(C)(C)C)C(=O)OC(C)(C)C)ncnc21. The number of amides is 2. The number of anilines is 1. The van der Waals surface area contributed by atoms with Crippen molar-refractivity contribution in [1.82, 2.24) is 19.5 Å². The molecule has 0 saturated heterocycles. The summed E-state index contributed by atoms with van der Waals surface area (Å²) in [5.74, 6) is 0.462. The Morgan fingerprint density at radius 3 is 2.27 bits per heavy atom. The topological polar surface area (TPSA) is 127 Å². The van der Waals surface area contributed by atoms with E-state index in [0.29, 0.717) is 53.4 Å². The monoisotopic (exact) mass is 652 g/mol. The first-order valence-corrected chi connectivity index (χ1v) is 14.9. The highest BCUT2D eigenvalue weighted by Crippen LogP contribution is 2.35. The fourth-order valence-corrected chi connectivity index (χ4v) is 4.23. The molecular weight excluding hydrogens is 613 g/mol. The molecule has 0 spiro atoms. The van der Waals surface area contributed by atoms with Crippen LogP contribution in [0.5, 0.6) is 5.75 Å². The Balaban J connectivity index is 1.86. The van der Waals surface area contributed by atoms with Crippen LogP contribution in [0.2, 0.25) is 10.0 Å². The maximum absolute atomic E-state index is 13.2. The number of ether oxygens (including phenoxy) is 5. The zero-order valence-electron chi connectivity index (χ0n) is 26.2. The number of nitrogens with zero attached hydrogens (tertiary/aromatic N) is 5. The zero-order chi connectivity index (χ0) is 32.5. The molecule has 2 amide bonds. The lowest BCUT2D eigenvalue weighted by molar-refractivity contribution is 0.0429. The van der Waals surface area contributed by atoms with Crippen LogP contribution in [0.3, 0.4) is 0 Å². The van der Waals surface area contributed by atoms with Crippen molar-refractivity contribution in [2.75, 3.05) is 38.4 Å². The van der Waals surface area contributed by atoms with E-state index in [0.717, 1.165) is 17.7 Å². The Bertz CT molecular complexity index is 1390. The molecule has 0 N–H and O–H groups in total. The average molecular weight is 654 g/mol. The number of rotatable bonds is 13. The van der Waals surface area contributed by atoms with Gasteiger partial charge in [0.2, 0.25) is 0 Å². The summed E-state index contributed by atoms with van der Waals surface area (Å²) in [6.45, 7) is 12.4. The summed E-state index contributed by atoms with van der Waals surface area (Å²) in [5, 5.41) is 0.679. The van der Waals surface area contributed by atoms with Crippen LogP contribution in [0.25, 0.3) is 11.2 Å². The molecular formula is C30H40Cl2N5O7. The third kappa shape index (κ3) is 10.2. The van der Waals surface area contributed by atoms with Gasteiger partial charge in [-0.15, -0.1) is 0 Å². The first-order valence-electron chi connectivity index (χ1n) is 14.1. The van der Waals surface area contributed by atoms with Crippen molar-refractivity contribution in [3.05, 3.63) is 46.8 Å². The van der Waals surface area contributed by atoms with E-state index >= 15 is 0 Å². The second-order valence-corrected chi connectivity index (χ2v) is 12.5. The Morgan fingerprint density at radius 1 is 0.955 bits per heavy atom. The molecule has 0 saturated carbocycles. The second kappa shape index (κ2) is 15.7. The zero-order valence-corrected chi connectivity index (χ0v) is 27.7. The van der Waals surface area contributed by atoms with Crippen molar-refractivity contribution in [3.8, 4) is 5.75 Å². The van der Waals surface area contributed by atoms with E-state index in [1.54, 1.807) is 65.4 Å². The maximum Gasteiger partial charge on any atom is 0.425 e. The molecule has 3 aromatic rings. The number of unbranched alkanes of at least 4 members (excludes halogenated alkanes) is 2. The Labute approximate surface area is 267 Å². The van der Waals surface area contributed by atoms with E-state index < -0.39 is 23.4 Å². The van der Waals surface area contributed by atoms with Gasteiger partial charge in [-0.3, -0.25) is 0 Å². The average Bonchev–Trinajstić information content (AvgIpc) is 3.33. The van der Waals surface area contributed by atoms with Crippen molar-refractivity contribution in [3.63, 3.8) is 0 Å². The van der Waals surface area contributed by atoms with Crippen LogP contribution in [0.4, 0.5) is 15.4 Å². The van der Waals surface area contributed by atoms with Gasteiger partial charge in [0.1, 0.15) is 23.3 Å². The molecule has 0 aliphatic rings. The van der Waals surface area contributed by atoms with Gasteiger partial charge in [0.05, 0.1) is 42.7 Å². The van der Waals surface area contributed by atoms with Crippen molar-refractivity contribution in [1.29, 1.82) is 0 Å². The van der Waals surface area contributed by atoms with E-state index in [2.05, 4.69) is 15.0 Å². The Hall–Kier alpha value is -3.19. The number of carbonyl (C=O) groups excluding carboxylic acids is 2. The van der Waals surface area contributed by atoms with E-state index in [1.807, 2.05) is 6.42 Å². The van der Waals surface area contributed by atoms with Crippen LogP contribution in [0.1, 0.15) is 59.9 Å². The van der Waals surface area contributed by atoms with Gasteiger partial charge < -0.3 is 28.3 Å². The first-order chi connectivity index (χ1) is 20.7. The van der Waals surface area contributed by atoms with Crippen LogP contribution in [0, 0.1) is 6.42 Å². The molecule has 0 bridgehead atoms. The minimum absolute atomic E-state index is 0.0895. The number of fused-ring (bicyclic) bond motifs is 1. The summed E-state index contributed by atoms with van der Waals surface area (Å²) in [5.41, 5.74) is -0.663. The molecule has 0 aliphatic heterocycles. The summed E-state index contributed by atoms with van der Waals surface area (Å²) in [7, 11) is 1.63. The number of aromatic nitrogens is 4. The molecule has 1 radical (unpaired) electrons. The third-order valence-corrected chi connectivity index (χ3v) is 6.55. The van der Waals surface area contributed by atoms with E-state index in [1.165, 1.54) is 12.7 Å². The normalized spacial score (nSPS) is 11.9. The molecule has 0 atom stereocenters. The van der Waals surface area contributed by atoms with Gasteiger partial charge in [0.25, 0.3) is 0 Å². The number of benzene rings is 1. The number of imide groups is 1. The van der Waals surface area contributed by atoms with Crippen LogP contribution in [0.15, 0.2) is 24.8 Å². The summed E-state index contributed by atoms with van der Waals surface area (Å²) < 4.78 is 29.2. The summed E-state index contributed by atoms with van der Waals surface area (Å²) in [4.78, 5) is 40.2. The molecule has 0 unspecified atom stereocenters. The maximum atomic E-state index is 13.2. The summed E-state index contributed by atoms with van der Waals surface area (Å²) >= 11 is 13.0. The van der Waals surface area contributed by atoms with Crippen molar-refractivity contribution >= 4 is 52.4 Å². The largest absolute Gasteiger partial charge is 0.493 e. The molecule has 2 aromatic heterocycles. The van der Waals surface area contributed by atoms with Gasteiger partial charge in [0.15, 0.2) is 17.0 Å². The molecule has 1 aromatic carbocycles. The molecule has 44 heavy (non-hydrogen) atoms. The molecule has 0 aliphatic carbocycles. The minimum Gasteiger partial charge on any atom is -0.493 e. The first kappa shape index (κ1) is 35.3. The van der Waals surface area contributed by atoms with Crippen molar-refractivity contribution < 1.29 is 33.3 Å². The molecule has 12 nitrogen and oxygen atoms in total. The highest BCUT2D eigenvalue weighted by atomic mass is 35.5. The van der Waals surface area contributed by atoms with Crippen molar-refractivity contribution in [2.45, 2.75) is 72.1 Å². The number of methoxy groups -OCH3 is 1. The summed E-state index contributed by atoms with van der Waals surface area (Å²) in [6, 6.07) is 3.43. The Morgan fingerprint density at radius 2 is 1.64 bits per heavy atom. The highest BCUT2D eigenvalue weighted by Gasteiger charge is 2.35. The predicted octanol–water partition coefficient (Wildman–Crippen LogP) is 6.88. The van der Waals surface area contributed by atoms with Gasteiger partial charge in [-0.05, 0) is 72.9 Å². The second-order valence-electron chi connectivity index (χ2n) is 11.7. The quantitative estimate of drug-likeness (QED) is 0.180. The molecule has 241 valence electrons. The minimum atomic E-state index is -0.964. The number of hydrogen-bond acceptors (Lipinski definition) is 10. The van der Waals surface area contributed by atoms with Gasteiger partial charge >= 0.3 is 12.2 Å². The van der Waals surface area contributed by atoms with E-state index in [4.69, 9.17) is 46.9 Å². The number of carbonyl (C=O) groups is 2. The van der Waals surface area contributed by atoms with Gasteiger partial charge in [-0.2, -0.15) is 4.90 Å². The standard InChI is InChI=1S/C30H40Cl2N5O7/c1-29(2,3)43-27(38)37(28(39)44-30(4,5)6)26-24-25(33-18-34-26)36(19-35-24)17-20-22(12-11-21(31)23(20)32)42-14-10-8-9-13-41-16-15-40-7/h9,11-12,18-19H,8,10,13-17H2,1-7H3. The van der Waals surface area contributed by atoms with E-state index in [9.17, 15) is 9.59 Å². The van der Waals surface area contributed by atoms with Crippen LogP contribution in [-0.2, 0) is 25.5 Å². The van der Waals surface area contributed by atoms with Gasteiger partial charge in [-0.1, -0.05) is 23.2 Å². The molecule has 2 heterocycles. The fraction of sp³-hybridized carbons (Fsp3) is 0.533. The van der Waals surface area contributed by atoms with Crippen molar-refractivity contribution in [2.24, 2.45) is 0 Å². The lowest BCUT2D eigenvalue weighted by Gasteiger charge is -2.28. The van der Waals surface area contributed by atoms with Gasteiger partial charge in [0, 0.05) is 19.3 Å². The van der Waals surface area contributed by atoms with Gasteiger partial charge in [-0.25, -0.2) is 24.5 Å². The summed E-state index contributed by atoms with van der Waals surface area (Å²) in [6.07, 6.45) is 4.42. The molecule has 3 rings (SSSR count). The third-order valence-electron chi connectivity index (χ3n) is 5.71. The lowest BCUT2D eigenvalue weighted by Crippen LogP contribution is -2.44. The molecule has 14 heteroatoms. The van der Waals surface area contributed by atoms with Crippen LogP contribution in [-0.4, -0.2) is 76.4 Å². The number of imidazole rings is 1. The fourth-order valence-electron chi connectivity index (χ4n) is 3.84. The highest BCUT2D eigenvalue weighted by molar-refractivity contribution is 6.42. The van der Waals surface area contributed by atoms with Crippen LogP contribution < -0.4 is 9.64 Å². The Kier molecular flexibility index (Phi) is 12.6. The predicted molar refractivity (Wildman–Crippen MR) is 168 cm³/mol. The van der Waals surface area contributed by atoms with E-state index in [-0.39, 0.29) is 17.9 Å². The number of halogens is 2. The molecule has 0 fully saturated rings. The lowest BCUT2D eigenvalue weighted by atomic mass is 10.2.